The number of hydrogen-bond acceptors (Lipinski definition) is 4. The third-order valence-corrected chi connectivity index (χ3v) is 3.63. The quantitative estimate of drug-likeness (QED) is 0.805. The van der Waals surface area contributed by atoms with Gasteiger partial charge in [-0.05, 0) is 12.8 Å². The molecule has 8 heteroatoms. The molecule has 2 heterocycles. The van der Waals surface area contributed by atoms with E-state index in [4.69, 9.17) is 0 Å². The fourth-order valence-corrected chi connectivity index (χ4v) is 2.42. The summed E-state index contributed by atoms with van der Waals surface area (Å²) in [5, 5.41) is 2.52. The maximum Gasteiger partial charge on any atom is 0.332 e. The number of carbonyl (C=O) groups excluding carboxylic acids is 1. The van der Waals surface area contributed by atoms with Crippen molar-refractivity contribution >= 4 is 23.0 Å². The molecular weight excluding hydrogens is 298 g/mol. The van der Waals surface area contributed by atoms with Crippen LogP contribution in [0.15, 0.2) is 9.59 Å². The second-order valence-electron chi connectivity index (χ2n) is 5.56. The van der Waals surface area contributed by atoms with E-state index in [1.807, 2.05) is 13.8 Å². The summed E-state index contributed by atoms with van der Waals surface area (Å²) < 4.78 is 2.76. The Hall–Kier alpha value is -2.38. The van der Waals surface area contributed by atoms with Gasteiger partial charge in [0.25, 0.3) is 5.56 Å². The molecule has 1 amide bonds. The summed E-state index contributed by atoms with van der Waals surface area (Å²) in [5.74, 6) is -0.111. The van der Waals surface area contributed by atoms with Crippen LogP contribution in [-0.2, 0) is 17.9 Å². The second-order valence-corrected chi connectivity index (χ2v) is 5.56. The second kappa shape index (κ2) is 7.26. The number of aromatic nitrogens is 4. The van der Waals surface area contributed by atoms with Crippen LogP contribution in [0.4, 0.5) is 5.95 Å². The molecule has 0 atom stereocenters. The van der Waals surface area contributed by atoms with Crippen molar-refractivity contribution in [2.75, 3.05) is 5.32 Å². The van der Waals surface area contributed by atoms with Gasteiger partial charge >= 0.3 is 5.69 Å². The Morgan fingerprint density at radius 2 is 1.74 bits per heavy atom. The van der Waals surface area contributed by atoms with E-state index in [1.54, 1.807) is 0 Å². The first kappa shape index (κ1) is 17.0. The zero-order chi connectivity index (χ0) is 17.0. The maximum absolute atomic E-state index is 12.6. The number of carbonyl (C=O) groups is 1. The SMILES string of the molecule is CCCCn1c(=O)c2[nH]c(NC(C)=O)nc2n(CCCC)c1=O. The number of anilines is 1. The molecule has 0 aliphatic heterocycles. The highest BCUT2D eigenvalue weighted by atomic mass is 16.2. The number of nitrogens with zero attached hydrogens (tertiary/aromatic N) is 3. The van der Waals surface area contributed by atoms with E-state index in [1.165, 1.54) is 16.1 Å². The number of H-pyrrole nitrogens is 1. The highest BCUT2D eigenvalue weighted by Gasteiger charge is 2.17. The summed E-state index contributed by atoms with van der Waals surface area (Å²) in [5.41, 5.74) is -0.189. The van der Waals surface area contributed by atoms with E-state index in [-0.39, 0.29) is 23.1 Å². The van der Waals surface area contributed by atoms with Crippen LogP contribution in [0.3, 0.4) is 0 Å². The van der Waals surface area contributed by atoms with Gasteiger partial charge in [-0.3, -0.25) is 24.0 Å². The van der Waals surface area contributed by atoms with Crippen LogP contribution in [-0.4, -0.2) is 25.0 Å². The minimum atomic E-state index is -0.393. The molecule has 0 saturated carbocycles. The number of aromatic amines is 1. The van der Waals surface area contributed by atoms with Gasteiger partial charge in [0, 0.05) is 20.0 Å². The number of unbranched alkanes of at least 4 members (excludes halogenated alkanes) is 2. The molecule has 0 fully saturated rings. The van der Waals surface area contributed by atoms with Gasteiger partial charge in [0.05, 0.1) is 0 Å². The van der Waals surface area contributed by atoms with Crippen LogP contribution in [0, 0.1) is 0 Å². The molecule has 2 aromatic heterocycles. The molecule has 0 unspecified atom stereocenters. The Labute approximate surface area is 133 Å². The molecule has 8 nitrogen and oxygen atoms in total. The smallest absolute Gasteiger partial charge is 0.318 e. The minimum Gasteiger partial charge on any atom is -0.318 e. The van der Waals surface area contributed by atoms with Gasteiger partial charge in [-0.25, -0.2) is 4.79 Å². The van der Waals surface area contributed by atoms with Crippen molar-refractivity contribution in [1.82, 2.24) is 19.1 Å². The Morgan fingerprint density at radius 3 is 2.30 bits per heavy atom. The van der Waals surface area contributed by atoms with E-state index >= 15 is 0 Å². The maximum atomic E-state index is 12.6. The lowest BCUT2D eigenvalue weighted by atomic mass is 10.3. The van der Waals surface area contributed by atoms with Crippen LogP contribution in [0.2, 0.25) is 0 Å². The van der Waals surface area contributed by atoms with Crippen LogP contribution < -0.4 is 16.6 Å². The monoisotopic (exact) mass is 321 g/mol. The predicted molar refractivity (Wildman–Crippen MR) is 88.7 cm³/mol. The largest absolute Gasteiger partial charge is 0.332 e. The Morgan fingerprint density at radius 1 is 1.13 bits per heavy atom. The van der Waals surface area contributed by atoms with Gasteiger partial charge < -0.3 is 4.98 Å². The number of nitrogens with one attached hydrogen (secondary N) is 2. The van der Waals surface area contributed by atoms with Crippen molar-refractivity contribution in [2.45, 2.75) is 59.5 Å². The summed E-state index contributed by atoms with van der Waals surface area (Å²) >= 11 is 0. The fraction of sp³-hybridized carbons (Fsp3) is 0.600. The average Bonchev–Trinajstić information content (AvgIpc) is 2.90. The first-order valence-corrected chi connectivity index (χ1v) is 8.00. The molecular formula is C15H23N5O3. The molecule has 2 aromatic rings. The summed E-state index contributed by atoms with van der Waals surface area (Å²) in [6, 6.07) is 0. The molecule has 23 heavy (non-hydrogen) atoms. The number of aryl methyl sites for hydroxylation is 1. The minimum absolute atomic E-state index is 0.183. The normalized spacial score (nSPS) is 11.1. The zero-order valence-corrected chi connectivity index (χ0v) is 13.8. The van der Waals surface area contributed by atoms with Crippen LogP contribution in [0.25, 0.3) is 11.2 Å². The summed E-state index contributed by atoms with van der Waals surface area (Å²) in [7, 11) is 0. The lowest BCUT2D eigenvalue weighted by Crippen LogP contribution is -2.40. The fourth-order valence-electron chi connectivity index (χ4n) is 2.42. The van der Waals surface area contributed by atoms with E-state index in [9.17, 15) is 14.4 Å². The predicted octanol–water partition coefficient (Wildman–Crippen LogP) is 1.44. The van der Waals surface area contributed by atoms with Crippen LogP contribution in [0.5, 0.6) is 0 Å². The molecule has 2 rings (SSSR count). The van der Waals surface area contributed by atoms with E-state index in [0.717, 1.165) is 25.7 Å². The lowest BCUT2D eigenvalue weighted by molar-refractivity contribution is -0.114. The van der Waals surface area contributed by atoms with Gasteiger partial charge in [-0.15, -0.1) is 0 Å². The Kier molecular flexibility index (Phi) is 5.36. The van der Waals surface area contributed by atoms with Gasteiger partial charge in [0.1, 0.15) is 0 Å². The van der Waals surface area contributed by atoms with E-state index in [0.29, 0.717) is 18.7 Å². The van der Waals surface area contributed by atoms with Crippen LogP contribution >= 0.6 is 0 Å². The Balaban J connectivity index is 2.65. The molecule has 0 aliphatic rings. The molecule has 2 N–H and O–H groups in total. The third kappa shape index (κ3) is 3.52. The highest BCUT2D eigenvalue weighted by molar-refractivity contribution is 5.88. The van der Waals surface area contributed by atoms with Crippen molar-refractivity contribution in [3.05, 3.63) is 20.8 Å². The number of amides is 1. The van der Waals surface area contributed by atoms with Crippen molar-refractivity contribution in [2.24, 2.45) is 0 Å². The van der Waals surface area contributed by atoms with Crippen molar-refractivity contribution in [1.29, 1.82) is 0 Å². The van der Waals surface area contributed by atoms with Gasteiger partial charge in [0.15, 0.2) is 11.2 Å². The summed E-state index contributed by atoms with van der Waals surface area (Å²) in [6.45, 7) is 6.26. The van der Waals surface area contributed by atoms with Crippen molar-refractivity contribution in [3.63, 3.8) is 0 Å². The van der Waals surface area contributed by atoms with E-state index < -0.39 is 5.56 Å². The standard InChI is InChI=1S/C15H23N5O3/c1-4-6-8-19-12-11(17-14(18-12)16-10(3)21)13(22)20(15(19)23)9-7-5-2/h4-9H2,1-3H3,(H2,16,17,18,21). The number of hydrogen-bond donors (Lipinski definition) is 2. The summed E-state index contributed by atoms with van der Waals surface area (Å²) in [4.78, 5) is 43.4. The number of fused-ring (bicyclic) bond motifs is 1. The molecule has 0 radical (unpaired) electrons. The molecule has 126 valence electrons. The number of imidazole rings is 1. The van der Waals surface area contributed by atoms with Crippen molar-refractivity contribution < 1.29 is 4.79 Å². The lowest BCUT2D eigenvalue weighted by Gasteiger charge is -2.10. The number of rotatable bonds is 7. The van der Waals surface area contributed by atoms with Crippen LogP contribution in [0.1, 0.15) is 46.5 Å². The van der Waals surface area contributed by atoms with Crippen molar-refractivity contribution in [3.8, 4) is 0 Å². The Bertz CT molecular complexity index is 815. The molecule has 0 bridgehead atoms. The van der Waals surface area contributed by atoms with Gasteiger partial charge in [-0.2, -0.15) is 4.98 Å². The summed E-state index contributed by atoms with van der Waals surface area (Å²) in [6.07, 6.45) is 3.37. The molecule has 0 aromatic carbocycles. The highest BCUT2D eigenvalue weighted by Crippen LogP contribution is 2.10. The molecule has 0 spiro atoms. The molecule has 0 saturated heterocycles. The zero-order valence-electron chi connectivity index (χ0n) is 13.8. The van der Waals surface area contributed by atoms with Gasteiger partial charge in [-0.1, -0.05) is 26.7 Å². The third-order valence-electron chi connectivity index (χ3n) is 3.63. The topological polar surface area (TPSA) is 102 Å². The van der Waals surface area contributed by atoms with Gasteiger partial charge in [0.2, 0.25) is 11.9 Å². The van der Waals surface area contributed by atoms with E-state index in [2.05, 4.69) is 15.3 Å². The first-order chi connectivity index (χ1) is 11.0. The first-order valence-electron chi connectivity index (χ1n) is 8.00. The average molecular weight is 321 g/mol. The molecule has 0 aliphatic carbocycles.